The Labute approximate surface area is 185 Å². The van der Waals surface area contributed by atoms with Crippen LogP contribution in [0.5, 0.6) is 0 Å². The minimum absolute atomic E-state index is 0.319. The number of esters is 1. The molecule has 0 saturated heterocycles. The van der Waals surface area contributed by atoms with Crippen LogP contribution in [0.2, 0.25) is 0 Å². The number of carbonyl (C=O) groups is 1. The van der Waals surface area contributed by atoms with Crippen molar-refractivity contribution < 1.29 is 9.53 Å². The van der Waals surface area contributed by atoms with E-state index in [0.29, 0.717) is 4.91 Å². The first kappa shape index (κ1) is 20.3. The molecule has 0 saturated carbocycles. The number of rotatable bonds is 2. The molecule has 0 bridgehead atoms. The summed E-state index contributed by atoms with van der Waals surface area (Å²) < 4.78 is 6.10. The first-order valence-electron chi connectivity index (χ1n) is 9.24. The highest BCUT2D eigenvalue weighted by Gasteiger charge is 2.38. The Morgan fingerprint density at radius 3 is 2.52 bits per heavy atom. The Bertz CT molecular complexity index is 1080. The molecule has 0 atom stereocenters. The number of ether oxygens (including phenoxy) is 1. The topological polar surface area (TPSA) is 38.3 Å². The molecule has 3 nitrogen and oxygen atoms in total. The molecule has 29 heavy (non-hydrogen) atoms. The van der Waals surface area contributed by atoms with E-state index in [2.05, 4.69) is 44.3 Å². The number of thioether (sulfide) groups is 2. The number of anilines is 1. The Morgan fingerprint density at radius 1 is 1.10 bits per heavy atom. The van der Waals surface area contributed by atoms with E-state index in [1.54, 1.807) is 11.8 Å². The van der Waals surface area contributed by atoms with E-state index in [1.165, 1.54) is 24.4 Å². The van der Waals surface area contributed by atoms with E-state index < -0.39 is 0 Å². The number of hydrogen-bond acceptors (Lipinski definition) is 6. The fraction of sp³-hybridized carbons (Fsp3) is 0.217. The normalized spacial score (nSPS) is 20.3. The van der Waals surface area contributed by atoms with Gasteiger partial charge in [0.25, 0.3) is 0 Å². The lowest BCUT2D eigenvalue weighted by atomic mass is 9.85. The van der Waals surface area contributed by atoms with Gasteiger partial charge in [-0.25, -0.2) is 4.79 Å². The van der Waals surface area contributed by atoms with E-state index in [-0.39, 0.29) is 11.5 Å². The number of thiocarbonyl (C=S) groups is 1. The average molecular weight is 440 g/mol. The fourth-order valence-corrected chi connectivity index (χ4v) is 6.53. The van der Waals surface area contributed by atoms with Crippen LogP contribution in [0.25, 0.3) is 10.5 Å². The Hall–Kier alpha value is -2.02. The zero-order chi connectivity index (χ0) is 20.8. The molecule has 2 aliphatic heterocycles. The molecular formula is C23H21NO2S3. The highest BCUT2D eigenvalue weighted by Crippen LogP contribution is 2.58. The van der Waals surface area contributed by atoms with Gasteiger partial charge >= 0.3 is 5.97 Å². The fourth-order valence-electron chi connectivity index (χ4n) is 3.41. The van der Waals surface area contributed by atoms with Crippen LogP contribution in [0, 0.1) is 6.92 Å². The van der Waals surface area contributed by atoms with E-state index in [4.69, 9.17) is 17.0 Å². The number of nitrogens with one attached hydrogen (secondary N) is 1. The maximum absolute atomic E-state index is 12.6. The average Bonchev–Trinajstić information content (AvgIpc) is 3.14. The molecule has 0 aliphatic carbocycles. The van der Waals surface area contributed by atoms with Gasteiger partial charge in [-0.3, -0.25) is 0 Å². The summed E-state index contributed by atoms with van der Waals surface area (Å²) in [6.07, 6.45) is 0. The Morgan fingerprint density at radius 2 is 1.83 bits per heavy atom. The van der Waals surface area contributed by atoms with Gasteiger partial charge in [-0.15, -0.1) is 0 Å². The van der Waals surface area contributed by atoms with Crippen molar-refractivity contribution in [3.63, 3.8) is 0 Å². The largest absolute Gasteiger partial charge is 0.465 e. The number of carbonyl (C=O) groups excluding carboxylic acids is 1. The Kier molecular flexibility index (Phi) is 5.36. The molecule has 4 rings (SSSR count). The first-order valence-corrected chi connectivity index (χ1v) is 11.3. The molecule has 0 radical (unpaired) electrons. The SMILES string of the molecule is COC(=O)C1=C(c2ccccc2)SC(=C2C(=S)C(C)(C)Nc3ccc(C)cc32)S1. The molecule has 0 fully saturated rings. The maximum Gasteiger partial charge on any atom is 0.345 e. The molecule has 6 heteroatoms. The highest BCUT2D eigenvalue weighted by atomic mass is 32.2. The first-order chi connectivity index (χ1) is 13.8. The van der Waals surface area contributed by atoms with Crippen molar-refractivity contribution in [1.29, 1.82) is 0 Å². The van der Waals surface area contributed by atoms with Crippen LogP contribution < -0.4 is 5.32 Å². The van der Waals surface area contributed by atoms with Crippen LogP contribution in [-0.2, 0) is 9.53 Å². The number of fused-ring (bicyclic) bond motifs is 1. The minimum atomic E-state index is -0.359. The molecule has 1 N–H and O–H groups in total. The molecule has 0 amide bonds. The van der Waals surface area contributed by atoms with Crippen molar-refractivity contribution in [2.45, 2.75) is 26.3 Å². The van der Waals surface area contributed by atoms with Crippen LogP contribution in [0.1, 0.15) is 30.5 Å². The molecule has 0 aromatic heterocycles. The van der Waals surface area contributed by atoms with Crippen molar-refractivity contribution >= 4 is 62.7 Å². The second kappa shape index (κ2) is 7.67. The van der Waals surface area contributed by atoms with Crippen molar-refractivity contribution in [1.82, 2.24) is 0 Å². The highest BCUT2D eigenvalue weighted by molar-refractivity contribution is 8.32. The third-order valence-electron chi connectivity index (χ3n) is 4.89. The third kappa shape index (κ3) is 3.65. The smallest absolute Gasteiger partial charge is 0.345 e. The van der Waals surface area contributed by atoms with Crippen molar-refractivity contribution in [2.24, 2.45) is 0 Å². The molecule has 148 valence electrons. The lowest BCUT2D eigenvalue weighted by Crippen LogP contribution is -2.43. The quantitative estimate of drug-likeness (QED) is 0.338. The van der Waals surface area contributed by atoms with Crippen LogP contribution in [0.3, 0.4) is 0 Å². The van der Waals surface area contributed by atoms with Gasteiger partial charge in [0.05, 0.1) is 16.9 Å². The number of benzene rings is 2. The van der Waals surface area contributed by atoms with Crippen molar-refractivity contribution in [3.8, 4) is 0 Å². The second-order valence-corrected chi connectivity index (χ2v) is 10.2. The lowest BCUT2D eigenvalue weighted by Gasteiger charge is -2.37. The second-order valence-electron chi connectivity index (χ2n) is 7.51. The molecule has 2 heterocycles. The van der Waals surface area contributed by atoms with E-state index in [1.807, 2.05) is 30.3 Å². The maximum atomic E-state index is 12.6. The summed E-state index contributed by atoms with van der Waals surface area (Å²) in [5.41, 5.74) is 4.99. The summed E-state index contributed by atoms with van der Waals surface area (Å²) in [7, 11) is 1.42. The lowest BCUT2D eigenvalue weighted by molar-refractivity contribution is -0.135. The summed E-state index contributed by atoms with van der Waals surface area (Å²) in [5, 5.41) is 3.56. The summed E-state index contributed by atoms with van der Waals surface area (Å²) in [6.45, 7) is 6.26. The molecule has 2 aromatic rings. The Balaban J connectivity index is 1.89. The summed E-state index contributed by atoms with van der Waals surface area (Å²) >= 11 is 8.99. The molecule has 2 aromatic carbocycles. The van der Waals surface area contributed by atoms with Gasteiger partial charge in [0.15, 0.2) is 0 Å². The number of hydrogen-bond donors (Lipinski definition) is 1. The molecule has 0 spiro atoms. The van der Waals surface area contributed by atoms with Gasteiger partial charge < -0.3 is 10.1 Å². The summed E-state index contributed by atoms with van der Waals surface area (Å²) in [4.78, 5) is 14.9. The summed E-state index contributed by atoms with van der Waals surface area (Å²) in [5.74, 6) is -0.319. The number of aryl methyl sites for hydroxylation is 1. The zero-order valence-corrected chi connectivity index (χ0v) is 19.1. The van der Waals surface area contributed by atoms with Crippen LogP contribution >= 0.6 is 35.7 Å². The van der Waals surface area contributed by atoms with Crippen molar-refractivity contribution in [2.75, 3.05) is 12.4 Å². The van der Waals surface area contributed by atoms with Crippen LogP contribution in [0.4, 0.5) is 5.69 Å². The minimum Gasteiger partial charge on any atom is -0.465 e. The van der Waals surface area contributed by atoms with Gasteiger partial charge in [-0.2, -0.15) is 0 Å². The third-order valence-corrected chi connectivity index (χ3v) is 8.23. The van der Waals surface area contributed by atoms with E-state index in [9.17, 15) is 4.79 Å². The predicted octanol–water partition coefficient (Wildman–Crippen LogP) is 6.26. The van der Waals surface area contributed by atoms with E-state index in [0.717, 1.165) is 36.4 Å². The van der Waals surface area contributed by atoms with Gasteiger partial charge in [0.2, 0.25) is 0 Å². The van der Waals surface area contributed by atoms with Gasteiger partial charge in [-0.1, -0.05) is 77.7 Å². The van der Waals surface area contributed by atoms with E-state index >= 15 is 0 Å². The van der Waals surface area contributed by atoms with Crippen LogP contribution in [-0.4, -0.2) is 23.5 Å². The van der Waals surface area contributed by atoms with Gasteiger partial charge in [-0.05, 0) is 38.5 Å². The van der Waals surface area contributed by atoms with Gasteiger partial charge in [0, 0.05) is 26.6 Å². The van der Waals surface area contributed by atoms with Crippen molar-refractivity contribution in [3.05, 3.63) is 74.4 Å². The molecule has 2 aliphatic rings. The number of methoxy groups -OCH3 is 1. The van der Waals surface area contributed by atoms with Crippen LogP contribution in [0.15, 0.2) is 57.7 Å². The zero-order valence-electron chi connectivity index (χ0n) is 16.7. The standard InChI is InChI=1S/C23H21NO2S3/c1-13-10-11-16-15(12-13)17(20(27)23(2,3)24-16)22-28-18(14-8-6-5-7-9-14)19(29-22)21(25)26-4/h5-12,24H,1-4H3. The predicted molar refractivity (Wildman–Crippen MR) is 129 cm³/mol. The summed E-state index contributed by atoms with van der Waals surface area (Å²) in [6, 6.07) is 16.3. The molecule has 0 unspecified atom stereocenters. The molecular weight excluding hydrogens is 418 g/mol. The monoisotopic (exact) mass is 439 g/mol. The van der Waals surface area contributed by atoms with Gasteiger partial charge in [0.1, 0.15) is 4.91 Å².